The van der Waals surface area contributed by atoms with Crippen molar-refractivity contribution in [1.29, 1.82) is 0 Å². The normalized spacial score (nSPS) is 16.0. The van der Waals surface area contributed by atoms with E-state index in [0.29, 0.717) is 57.2 Å². The van der Waals surface area contributed by atoms with Crippen molar-refractivity contribution in [2.75, 3.05) is 13.7 Å². The third kappa shape index (κ3) is 3.95. The van der Waals surface area contributed by atoms with Crippen LogP contribution in [0.3, 0.4) is 0 Å². The Hall–Kier alpha value is -3.73. The third-order valence-electron chi connectivity index (χ3n) is 6.28. The first-order chi connectivity index (χ1) is 16.9. The maximum Gasteiger partial charge on any atom is 0.332 e. The fourth-order valence-electron chi connectivity index (χ4n) is 4.55. The fourth-order valence-corrected chi connectivity index (χ4v) is 5.81. The molecular weight excluding hydrogens is 475 g/mol. The molecule has 0 aliphatic carbocycles. The molecule has 1 atom stereocenters. The summed E-state index contributed by atoms with van der Waals surface area (Å²) in [6.07, 6.45) is 4.27. The van der Waals surface area contributed by atoms with Crippen molar-refractivity contribution in [3.63, 3.8) is 0 Å². The lowest BCUT2D eigenvalue weighted by atomic mass is 10.1. The number of fused-ring (bicyclic) bond motifs is 1. The molecule has 4 aromatic rings. The minimum atomic E-state index is -0.896. The molecular formula is C24H23FN4O5S. The first-order valence-electron chi connectivity index (χ1n) is 11.2. The van der Waals surface area contributed by atoms with E-state index in [9.17, 15) is 18.8 Å². The Balaban J connectivity index is 1.71. The van der Waals surface area contributed by atoms with Crippen LogP contribution in [0.2, 0.25) is 0 Å². The van der Waals surface area contributed by atoms with Crippen LogP contribution in [-0.4, -0.2) is 33.7 Å². The van der Waals surface area contributed by atoms with Crippen molar-refractivity contribution in [2.24, 2.45) is 0 Å². The van der Waals surface area contributed by atoms with Crippen molar-refractivity contribution in [3.05, 3.63) is 68.4 Å². The molecule has 5 rings (SSSR count). The van der Waals surface area contributed by atoms with E-state index in [1.165, 1.54) is 53.7 Å². The number of halogens is 1. The number of methoxy groups -OCH3 is 1. The molecule has 1 aliphatic rings. The Morgan fingerprint density at radius 2 is 2.14 bits per heavy atom. The van der Waals surface area contributed by atoms with E-state index >= 15 is 0 Å². The highest BCUT2D eigenvalue weighted by Gasteiger charge is 2.30. The van der Waals surface area contributed by atoms with Crippen molar-refractivity contribution < 1.29 is 18.3 Å². The molecule has 1 aromatic carbocycles. The number of aromatic nitrogens is 3. The van der Waals surface area contributed by atoms with Gasteiger partial charge in [-0.25, -0.2) is 18.7 Å². The Bertz CT molecular complexity index is 1540. The van der Waals surface area contributed by atoms with Gasteiger partial charge in [0.2, 0.25) is 11.8 Å². The summed E-state index contributed by atoms with van der Waals surface area (Å²) < 4.78 is 27.3. The van der Waals surface area contributed by atoms with Crippen LogP contribution in [0.4, 0.5) is 4.39 Å². The number of rotatable bonds is 6. The number of hydrogen-bond donors (Lipinski definition) is 1. The number of oxazole rings is 1. The summed E-state index contributed by atoms with van der Waals surface area (Å²) >= 11 is 1.23. The van der Waals surface area contributed by atoms with Crippen LogP contribution in [0.1, 0.15) is 30.0 Å². The minimum absolute atomic E-state index is 0.148. The van der Waals surface area contributed by atoms with E-state index in [1.807, 2.05) is 0 Å². The molecule has 35 heavy (non-hydrogen) atoms. The number of thiophene rings is 1. The van der Waals surface area contributed by atoms with Crippen molar-refractivity contribution in [3.8, 4) is 16.5 Å². The van der Waals surface area contributed by atoms with Crippen LogP contribution in [0.15, 0.2) is 44.7 Å². The van der Waals surface area contributed by atoms with Gasteiger partial charge in [0.1, 0.15) is 28.7 Å². The molecule has 1 aliphatic heterocycles. The summed E-state index contributed by atoms with van der Waals surface area (Å²) in [6, 6.07) is 3.31. The summed E-state index contributed by atoms with van der Waals surface area (Å²) in [7, 11) is 1.49. The molecule has 182 valence electrons. The van der Waals surface area contributed by atoms with Gasteiger partial charge in [-0.15, -0.1) is 11.3 Å². The molecule has 0 radical (unpaired) electrons. The predicted octanol–water partition coefficient (Wildman–Crippen LogP) is 3.03. The van der Waals surface area contributed by atoms with Crippen LogP contribution >= 0.6 is 11.3 Å². The van der Waals surface area contributed by atoms with Crippen molar-refractivity contribution in [2.45, 2.75) is 38.8 Å². The quantitative estimate of drug-likeness (QED) is 0.438. The van der Waals surface area contributed by atoms with Crippen LogP contribution in [0.5, 0.6) is 5.75 Å². The van der Waals surface area contributed by atoms with Crippen molar-refractivity contribution in [1.82, 2.24) is 19.4 Å². The van der Waals surface area contributed by atoms with Crippen LogP contribution in [-0.2, 0) is 17.8 Å². The van der Waals surface area contributed by atoms with E-state index in [0.717, 1.165) is 4.57 Å². The highest BCUT2D eigenvalue weighted by atomic mass is 32.1. The number of ether oxygens (including phenoxy) is 1. The van der Waals surface area contributed by atoms with Crippen LogP contribution in [0, 0.1) is 12.7 Å². The molecule has 1 N–H and O–H groups in total. The second-order valence-corrected chi connectivity index (χ2v) is 9.34. The molecule has 3 aromatic heterocycles. The van der Waals surface area contributed by atoms with Gasteiger partial charge < -0.3 is 14.5 Å². The first kappa shape index (κ1) is 23.0. The van der Waals surface area contributed by atoms with Gasteiger partial charge in [0.15, 0.2) is 0 Å². The van der Waals surface area contributed by atoms with Gasteiger partial charge in [-0.05, 0) is 55.5 Å². The maximum absolute atomic E-state index is 13.9. The molecule has 1 saturated heterocycles. The number of hydrogen-bond acceptors (Lipinski definition) is 7. The Morgan fingerprint density at radius 1 is 1.31 bits per heavy atom. The number of benzene rings is 1. The number of nitrogens with one attached hydrogen (secondary N) is 1. The number of aryl methyl sites for hydroxylation is 3. The van der Waals surface area contributed by atoms with Gasteiger partial charge in [0, 0.05) is 13.1 Å². The van der Waals surface area contributed by atoms with Crippen molar-refractivity contribution >= 4 is 27.5 Å². The lowest BCUT2D eigenvalue weighted by Gasteiger charge is -2.24. The maximum atomic E-state index is 13.9. The first-order valence-corrected chi connectivity index (χ1v) is 12.0. The minimum Gasteiger partial charge on any atom is -0.496 e. The molecule has 0 bridgehead atoms. The van der Waals surface area contributed by atoms with E-state index in [4.69, 9.17) is 9.15 Å². The monoisotopic (exact) mass is 498 g/mol. The number of nitrogens with zero attached hydrogens (tertiary/aromatic N) is 3. The van der Waals surface area contributed by atoms with Gasteiger partial charge in [0.05, 0.1) is 23.6 Å². The van der Waals surface area contributed by atoms with Crippen LogP contribution in [0.25, 0.3) is 21.0 Å². The smallest absolute Gasteiger partial charge is 0.332 e. The third-order valence-corrected chi connectivity index (χ3v) is 7.59. The molecule has 11 heteroatoms. The zero-order chi connectivity index (χ0) is 24.7. The fraction of sp³-hybridized carbons (Fsp3) is 0.333. The summed E-state index contributed by atoms with van der Waals surface area (Å²) in [5, 5.41) is 3.09. The molecule has 0 spiro atoms. The predicted molar refractivity (Wildman–Crippen MR) is 129 cm³/mol. The molecule has 1 amide bonds. The molecule has 0 saturated carbocycles. The number of amides is 1. The average Bonchev–Trinajstić information content (AvgIpc) is 3.48. The zero-order valence-electron chi connectivity index (χ0n) is 19.2. The Labute approximate surface area is 202 Å². The van der Waals surface area contributed by atoms with Gasteiger partial charge in [-0.3, -0.25) is 14.2 Å². The largest absolute Gasteiger partial charge is 0.496 e. The summed E-state index contributed by atoms with van der Waals surface area (Å²) in [5.41, 5.74) is 0.111. The lowest BCUT2D eigenvalue weighted by Crippen LogP contribution is -2.49. The summed E-state index contributed by atoms with van der Waals surface area (Å²) in [5.74, 6) is 0.0728. The molecule has 0 unspecified atom stereocenters. The highest BCUT2D eigenvalue weighted by molar-refractivity contribution is 7.22. The highest BCUT2D eigenvalue weighted by Crippen LogP contribution is 2.36. The molecule has 4 heterocycles. The second kappa shape index (κ2) is 9.14. The van der Waals surface area contributed by atoms with Gasteiger partial charge in [0.25, 0.3) is 5.56 Å². The zero-order valence-corrected chi connectivity index (χ0v) is 20.0. The van der Waals surface area contributed by atoms with Gasteiger partial charge in [-0.2, -0.15) is 0 Å². The second-order valence-electron chi connectivity index (χ2n) is 8.34. The molecule has 9 nitrogen and oxygen atoms in total. The lowest BCUT2D eigenvalue weighted by molar-refractivity contribution is -0.126. The van der Waals surface area contributed by atoms with E-state index in [-0.39, 0.29) is 18.9 Å². The number of carbonyl (C=O) groups excluding carboxylic acids is 1. The number of carbonyl (C=O) groups is 1. The summed E-state index contributed by atoms with van der Waals surface area (Å²) in [6.45, 7) is 2.43. The molecule has 1 fully saturated rings. The SMILES string of the molecule is COc1ccc(F)cc1CCn1c(=O)n([C@H]2CCCNC2=O)c(=O)c2c(C)c(-c3ncco3)sc21. The van der Waals surface area contributed by atoms with E-state index in [2.05, 4.69) is 10.3 Å². The van der Waals surface area contributed by atoms with E-state index in [1.54, 1.807) is 6.92 Å². The van der Waals surface area contributed by atoms with Gasteiger partial charge >= 0.3 is 5.69 Å². The Morgan fingerprint density at radius 3 is 2.86 bits per heavy atom. The van der Waals surface area contributed by atoms with Crippen LogP contribution < -0.4 is 21.3 Å². The number of piperidine rings is 1. The van der Waals surface area contributed by atoms with Gasteiger partial charge in [-0.1, -0.05) is 0 Å². The summed E-state index contributed by atoms with van der Waals surface area (Å²) in [4.78, 5) is 45.2. The Kier molecular flexibility index (Phi) is 6.01. The standard InChI is InChI=1S/C24H23FN4O5S/c1-13-18-22(31)29(16-4-3-8-26-20(16)30)24(32)28(23(18)35-19(13)21-27-9-11-34-21)10-7-14-12-15(25)5-6-17(14)33-2/h5-6,9,11-12,16H,3-4,7-8,10H2,1-2H3,(H,26,30)/t16-/m0/s1. The topological polar surface area (TPSA) is 108 Å². The van der Waals surface area contributed by atoms with E-state index < -0.39 is 23.1 Å². The average molecular weight is 499 g/mol.